The Hall–Kier alpha value is -4.37. The van der Waals surface area contributed by atoms with E-state index in [4.69, 9.17) is 10.3 Å². The molecule has 2 heterocycles. The molecule has 2 aromatic heterocycles. The Morgan fingerprint density at radius 3 is 2.14 bits per heavy atom. The van der Waals surface area contributed by atoms with E-state index in [1.54, 1.807) is 0 Å². The average molecular weight is 500 g/mol. The molecule has 3 aromatic rings. The van der Waals surface area contributed by atoms with Gasteiger partial charge in [0, 0.05) is 18.0 Å². The number of amides is 1. The van der Waals surface area contributed by atoms with Gasteiger partial charge in [0.05, 0.1) is 17.2 Å². The van der Waals surface area contributed by atoms with E-state index in [1.807, 2.05) is 0 Å². The molecule has 0 aliphatic carbocycles. The third-order valence-electron chi connectivity index (χ3n) is 4.17. The maximum Gasteiger partial charge on any atom is 0.416 e. The minimum atomic E-state index is -5.12. The molecule has 3 rings (SSSR count). The summed E-state index contributed by atoms with van der Waals surface area (Å²) in [6, 6.07) is 0.799. The monoisotopic (exact) mass is 500 g/mol. The van der Waals surface area contributed by atoms with Crippen molar-refractivity contribution < 1.29 is 35.7 Å². The van der Waals surface area contributed by atoms with Gasteiger partial charge in [-0.3, -0.25) is 4.79 Å². The Bertz CT molecular complexity index is 1210. The number of nitrogens with zero attached hydrogens (tertiary/aromatic N) is 6. The number of nitrogens with one attached hydrogen (secondary N) is 1. The van der Waals surface area contributed by atoms with Crippen LogP contribution in [0.2, 0.25) is 0 Å². The van der Waals surface area contributed by atoms with Gasteiger partial charge in [-0.2, -0.15) is 36.3 Å². The minimum Gasteiger partial charge on any atom is -0.379 e. The summed E-state index contributed by atoms with van der Waals surface area (Å²) >= 11 is 0. The number of aliphatic imine (C=N–C) groups is 2. The summed E-state index contributed by atoms with van der Waals surface area (Å²) in [4.78, 5) is 32.0. The number of halogens is 6. The van der Waals surface area contributed by atoms with Crippen LogP contribution >= 0.6 is 0 Å². The fourth-order valence-electron chi connectivity index (χ4n) is 2.56. The molecule has 0 spiro atoms. The highest BCUT2D eigenvalue weighted by atomic mass is 19.4. The SMILES string of the molecule is CC(NC(=O)c1cc(C(F)(F)F)cc(C(F)(F)F)c1)C(N=C(N)c1ncno1)=Nc1ncccn1. The van der Waals surface area contributed by atoms with Gasteiger partial charge in [-0.15, -0.1) is 0 Å². The third-order valence-corrected chi connectivity index (χ3v) is 4.17. The van der Waals surface area contributed by atoms with E-state index in [1.165, 1.54) is 25.4 Å². The number of carbonyl (C=O) groups excluding carboxylic acids is 1. The van der Waals surface area contributed by atoms with Gasteiger partial charge >= 0.3 is 12.4 Å². The second-order valence-corrected chi connectivity index (χ2v) is 6.75. The second kappa shape index (κ2) is 9.86. The maximum atomic E-state index is 13.1. The van der Waals surface area contributed by atoms with E-state index >= 15 is 0 Å². The molecule has 1 aromatic carbocycles. The van der Waals surface area contributed by atoms with E-state index in [9.17, 15) is 31.1 Å². The van der Waals surface area contributed by atoms with Crippen LogP contribution in [0.5, 0.6) is 0 Å². The summed E-state index contributed by atoms with van der Waals surface area (Å²) in [5.74, 6) is -2.19. The molecule has 184 valence electrons. The van der Waals surface area contributed by atoms with Crippen molar-refractivity contribution >= 4 is 23.5 Å². The highest BCUT2D eigenvalue weighted by Crippen LogP contribution is 2.36. The van der Waals surface area contributed by atoms with E-state index in [0.29, 0.717) is 12.1 Å². The van der Waals surface area contributed by atoms with Gasteiger partial charge < -0.3 is 15.6 Å². The minimum absolute atomic E-state index is 0.0881. The fraction of sp³-hybridized carbons (Fsp3) is 0.211. The first-order valence-electron chi connectivity index (χ1n) is 9.41. The van der Waals surface area contributed by atoms with Gasteiger partial charge in [-0.05, 0) is 31.2 Å². The van der Waals surface area contributed by atoms with Gasteiger partial charge in [0.1, 0.15) is 0 Å². The second-order valence-electron chi connectivity index (χ2n) is 6.75. The predicted molar refractivity (Wildman–Crippen MR) is 108 cm³/mol. The zero-order valence-electron chi connectivity index (χ0n) is 17.5. The largest absolute Gasteiger partial charge is 0.416 e. The average Bonchev–Trinajstić information content (AvgIpc) is 3.33. The van der Waals surface area contributed by atoms with Crippen LogP contribution in [0.25, 0.3) is 0 Å². The van der Waals surface area contributed by atoms with Crippen molar-refractivity contribution in [3.8, 4) is 0 Å². The molecule has 1 atom stereocenters. The molecule has 0 fully saturated rings. The molecule has 1 unspecified atom stereocenters. The zero-order chi connectivity index (χ0) is 25.8. The van der Waals surface area contributed by atoms with Crippen molar-refractivity contribution in [1.82, 2.24) is 25.4 Å². The van der Waals surface area contributed by atoms with Crippen LogP contribution in [0, 0.1) is 0 Å². The molecular formula is C19H14F6N8O2. The maximum absolute atomic E-state index is 13.1. The smallest absolute Gasteiger partial charge is 0.379 e. The van der Waals surface area contributed by atoms with Crippen LogP contribution in [0.1, 0.15) is 34.3 Å². The van der Waals surface area contributed by atoms with Crippen molar-refractivity contribution in [2.45, 2.75) is 25.3 Å². The Labute approximate surface area is 192 Å². The normalized spacial score (nSPS) is 14.0. The number of amidine groups is 2. The Kier molecular flexibility index (Phi) is 7.12. The number of hydrogen-bond donors (Lipinski definition) is 2. The van der Waals surface area contributed by atoms with E-state index in [-0.39, 0.29) is 29.6 Å². The van der Waals surface area contributed by atoms with Crippen molar-refractivity contribution in [2.24, 2.45) is 15.7 Å². The number of aromatic nitrogens is 4. The van der Waals surface area contributed by atoms with Crippen molar-refractivity contribution in [3.05, 3.63) is 65.6 Å². The highest BCUT2D eigenvalue weighted by molar-refractivity contribution is 6.06. The molecule has 10 nitrogen and oxygen atoms in total. The first-order valence-corrected chi connectivity index (χ1v) is 9.41. The molecule has 0 aliphatic rings. The van der Waals surface area contributed by atoms with E-state index < -0.39 is 41.0 Å². The first-order chi connectivity index (χ1) is 16.3. The van der Waals surface area contributed by atoms with E-state index in [0.717, 1.165) is 6.33 Å². The molecule has 0 bridgehead atoms. The molecule has 3 N–H and O–H groups in total. The lowest BCUT2D eigenvalue weighted by atomic mass is 10.0. The lowest BCUT2D eigenvalue weighted by Crippen LogP contribution is -2.39. The summed E-state index contributed by atoms with van der Waals surface area (Å²) in [6.07, 6.45) is -6.52. The van der Waals surface area contributed by atoms with Gasteiger partial charge in [-0.1, -0.05) is 5.16 Å². The van der Waals surface area contributed by atoms with Crippen LogP contribution < -0.4 is 11.1 Å². The van der Waals surface area contributed by atoms with Gasteiger partial charge in [0.25, 0.3) is 17.7 Å². The third kappa shape index (κ3) is 6.58. The predicted octanol–water partition coefficient (Wildman–Crippen LogP) is 3.15. The van der Waals surface area contributed by atoms with Crippen LogP contribution in [0.15, 0.2) is 57.5 Å². The molecule has 0 saturated carbocycles. The molecule has 16 heteroatoms. The number of carbonyl (C=O) groups is 1. The van der Waals surface area contributed by atoms with Crippen LogP contribution in [0.3, 0.4) is 0 Å². The summed E-state index contributed by atoms with van der Waals surface area (Å²) in [6.45, 7) is 1.31. The topological polar surface area (TPSA) is 145 Å². The Morgan fingerprint density at radius 2 is 1.63 bits per heavy atom. The zero-order valence-corrected chi connectivity index (χ0v) is 17.5. The van der Waals surface area contributed by atoms with Gasteiger partial charge in [0.15, 0.2) is 18.0 Å². The Morgan fingerprint density at radius 1 is 1.03 bits per heavy atom. The molecule has 0 aliphatic heterocycles. The molecular weight excluding hydrogens is 486 g/mol. The quantitative estimate of drug-likeness (QED) is 0.311. The molecule has 0 radical (unpaired) electrons. The Balaban J connectivity index is 1.97. The lowest BCUT2D eigenvalue weighted by Gasteiger charge is -2.17. The summed E-state index contributed by atoms with van der Waals surface area (Å²) in [5.41, 5.74) is 1.61. The summed E-state index contributed by atoms with van der Waals surface area (Å²) < 4.78 is 83.5. The number of hydrogen-bond acceptors (Lipinski definition) is 7. The van der Waals surface area contributed by atoms with Crippen molar-refractivity contribution in [2.75, 3.05) is 0 Å². The lowest BCUT2D eigenvalue weighted by molar-refractivity contribution is -0.143. The van der Waals surface area contributed by atoms with Crippen molar-refractivity contribution in [3.63, 3.8) is 0 Å². The highest BCUT2D eigenvalue weighted by Gasteiger charge is 2.37. The summed E-state index contributed by atoms with van der Waals surface area (Å²) in [7, 11) is 0. The molecule has 0 saturated heterocycles. The molecule has 35 heavy (non-hydrogen) atoms. The van der Waals surface area contributed by atoms with Crippen LogP contribution in [-0.2, 0) is 12.4 Å². The standard InChI is InChI=1S/C19H14F6N8O2/c1-9(14(33-17-27-3-2-4-28-17)32-13(26)16-29-8-30-35-16)31-15(34)10-5-11(18(20,21)22)7-12(6-10)19(23,24)25/h2-9H,1H3,(H,31,34)(H2,26,27,28,32,33). The van der Waals surface area contributed by atoms with E-state index in [2.05, 4.69) is 35.4 Å². The van der Waals surface area contributed by atoms with Gasteiger partial charge in [-0.25, -0.2) is 15.0 Å². The molecule has 1 amide bonds. The van der Waals surface area contributed by atoms with Crippen LogP contribution in [-0.4, -0.2) is 43.7 Å². The van der Waals surface area contributed by atoms with Gasteiger partial charge in [0.2, 0.25) is 0 Å². The number of alkyl halides is 6. The van der Waals surface area contributed by atoms with Crippen LogP contribution in [0.4, 0.5) is 32.3 Å². The van der Waals surface area contributed by atoms with Crippen molar-refractivity contribution in [1.29, 1.82) is 0 Å². The fourth-order valence-corrected chi connectivity index (χ4v) is 2.56. The number of benzene rings is 1. The number of nitrogens with two attached hydrogens (primary N) is 1. The first kappa shape index (κ1) is 25.3. The summed E-state index contributed by atoms with van der Waals surface area (Å²) in [5, 5.41) is 5.59. The number of rotatable bonds is 5.